The van der Waals surface area contributed by atoms with Crippen LogP contribution in [0, 0.1) is 0 Å². The Morgan fingerprint density at radius 1 is 0.447 bits per heavy atom. The van der Waals surface area contributed by atoms with E-state index in [9.17, 15) is 19.4 Å². The van der Waals surface area contributed by atoms with Crippen molar-refractivity contribution in [1.82, 2.24) is 5.32 Å². The number of likely N-dealkylation sites (N-methyl/N-ethyl adjacent to an activating group) is 1. The molecule has 0 saturated heterocycles. The monoisotopic (exact) mass is 1090 g/mol. The van der Waals surface area contributed by atoms with Crippen molar-refractivity contribution < 1.29 is 32.9 Å². The summed E-state index contributed by atoms with van der Waals surface area (Å²) >= 11 is 0. The van der Waals surface area contributed by atoms with Gasteiger partial charge >= 0.3 is 7.82 Å². The normalized spacial score (nSPS) is 13.9. The Labute approximate surface area is 474 Å². The third-order valence-electron chi connectivity index (χ3n) is 15.4. The Morgan fingerprint density at radius 3 is 1.09 bits per heavy atom. The number of nitrogens with zero attached hydrogens (tertiary/aromatic N) is 1. The van der Waals surface area contributed by atoms with E-state index in [1.807, 2.05) is 21.1 Å². The van der Waals surface area contributed by atoms with Crippen LogP contribution in [0.1, 0.15) is 335 Å². The quantitative estimate of drug-likeness (QED) is 0.0243. The number of carbonyl (C=O) groups excluding carboxylic acids is 1. The lowest BCUT2D eigenvalue weighted by Gasteiger charge is -2.26. The molecule has 8 nitrogen and oxygen atoms in total. The zero-order chi connectivity index (χ0) is 55.6. The number of unbranched alkanes of at least 4 members (excludes halogenated alkanes) is 43. The van der Waals surface area contributed by atoms with Crippen molar-refractivity contribution in [3.05, 3.63) is 36.5 Å². The maximum atomic E-state index is 13.0. The molecule has 0 aliphatic heterocycles. The maximum Gasteiger partial charge on any atom is 0.472 e. The molecule has 0 saturated carbocycles. The highest BCUT2D eigenvalue weighted by Crippen LogP contribution is 2.43. The Kier molecular flexibility index (Phi) is 57.4. The molecule has 1 amide bonds. The van der Waals surface area contributed by atoms with Gasteiger partial charge < -0.3 is 19.8 Å². The summed E-state index contributed by atoms with van der Waals surface area (Å²) in [6, 6.07) is -0.770. The highest BCUT2D eigenvalue weighted by Gasteiger charge is 2.28. The summed E-state index contributed by atoms with van der Waals surface area (Å²) < 4.78 is 23.8. The summed E-state index contributed by atoms with van der Waals surface area (Å²) in [7, 11) is 1.62. The van der Waals surface area contributed by atoms with Gasteiger partial charge in [0.2, 0.25) is 5.91 Å². The molecule has 0 aliphatic rings. The van der Waals surface area contributed by atoms with Crippen LogP contribution in [0.2, 0.25) is 0 Å². The minimum atomic E-state index is -4.33. The van der Waals surface area contributed by atoms with Crippen LogP contribution in [0.4, 0.5) is 0 Å². The summed E-state index contributed by atoms with van der Waals surface area (Å²) in [5.41, 5.74) is 0. The Hall–Kier alpha value is -1.28. The first kappa shape index (κ1) is 74.7. The Balaban J connectivity index is 4.03. The number of phosphoric acid groups is 1. The van der Waals surface area contributed by atoms with Gasteiger partial charge in [0.15, 0.2) is 0 Å². The molecule has 0 spiro atoms. The van der Waals surface area contributed by atoms with Gasteiger partial charge in [0.25, 0.3) is 0 Å². The predicted molar refractivity (Wildman–Crippen MR) is 332 cm³/mol. The van der Waals surface area contributed by atoms with E-state index in [-0.39, 0.29) is 19.1 Å². The first-order valence-corrected chi connectivity index (χ1v) is 34.8. The minimum absolute atomic E-state index is 0.0719. The molecule has 3 unspecified atom stereocenters. The molecule has 0 heterocycles. The predicted octanol–water partition coefficient (Wildman–Crippen LogP) is 20.9. The highest BCUT2D eigenvalue weighted by molar-refractivity contribution is 7.47. The average Bonchev–Trinajstić information content (AvgIpc) is 3.38. The van der Waals surface area contributed by atoms with Crippen LogP contribution in [0.5, 0.6) is 0 Å². The van der Waals surface area contributed by atoms with Crippen molar-refractivity contribution in [2.24, 2.45) is 0 Å². The van der Waals surface area contributed by atoms with Gasteiger partial charge in [0, 0.05) is 6.42 Å². The van der Waals surface area contributed by atoms with Crippen LogP contribution < -0.4 is 5.32 Å². The van der Waals surface area contributed by atoms with Crippen LogP contribution in [-0.4, -0.2) is 73.4 Å². The second-order valence-corrected chi connectivity index (χ2v) is 25.7. The molecule has 0 bridgehead atoms. The molecule has 0 fully saturated rings. The van der Waals surface area contributed by atoms with E-state index in [1.165, 1.54) is 244 Å². The number of rotatable bonds is 62. The number of aliphatic hydroxyl groups excluding tert-OH is 1. The largest absolute Gasteiger partial charge is 0.472 e. The molecule has 0 aliphatic carbocycles. The number of hydrogen-bond donors (Lipinski definition) is 3. The molecule has 3 atom stereocenters. The SMILES string of the molecule is CCCCCCC/C=C\C/C=C\C/C=C\CCCCCCCCC(=O)NC(COP(=O)(O)OCC[N+](C)(C)C)C(O)CCCCCCCCCCCCCCCCCCCCCCCCCCCCCCCCCCC. The number of hydrogen-bond acceptors (Lipinski definition) is 5. The van der Waals surface area contributed by atoms with E-state index >= 15 is 0 Å². The van der Waals surface area contributed by atoms with Crippen molar-refractivity contribution in [2.75, 3.05) is 40.9 Å². The van der Waals surface area contributed by atoms with E-state index in [0.717, 1.165) is 64.2 Å². The van der Waals surface area contributed by atoms with Crippen LogP contribution >= 0.6 is 7.82 Å². The summed E-state index contributed by atoms with van der Waals surface area (Å²) in [5.74, 6) is -0.152. The molecule has 9 heteroatoms. The molecule has 450 valence electrons. The summed E-state index contributed by atoms with van der Waals surface area (Å²) in [6.07, 6.45) is 76.7. The van der Waals surface area contributed by atoms with E-state index in [4.69, 9.17) is 9.05 Å². The molecule has 0 aromatic rings. The van der Waals surface area contributed by atoms with Gasteiger partial charge in [-0.15, -0.1) is 0 Å². The minimum Gasteiger partial charge on any atom is -0.391 e. The summed E-state index contributed by atoms with van der Waals surface area (Å²) in [6.45, 7) is 4.91. The van der Waals surface area contributed by atoms with Crippen molar-refractivity contribution >= 4 is 13.7 Å². The molecule has 3 N–H and O–H groups in total. The smallest absolute Gasteiger partial charge is 0.391 e. The third kappa shape index (κ3) is 60.4. The topological polar surface area (TPSA) is 105 Å². The molecular weight excluding hydrogens is 960 g/mol. The number of quaternary nitrogens is 1. The van der Waals surface area contributed by atoms with Gasteiger partial charge in [-0.2, -0.15) is 0 Å². The zero-order valence-corrected chi connectivity index (χ0v) is 52.4. The first-order valence-electron chi connectivity index (χ1n) is 33.4. The second kappa shape index (κ2) is 58.4. The van der Waals surface area contributed by atoms with Gasteiger partial charge in [-0.25, -0.2) is 4.57 Å². The molecule has 76 heavy (non-hydrogen) atoms. The van der Waals surface area contributed by atoms with Gasteiger partial charge in [0.1, 0.15) is 13.2 Å². The summed E-state index contributed by atoms with van der Waals surface area (Å²) in [5, 5.41) is 14.1. The highest BCUT2D eigenvalue weighted by atomic mass is 31.2. The number of allylic oxidation sites excluding steroid dienone is 6. The molecule has 0 aromatic heterocycles. The van der Waals surface area contributed by atoms with Crippen LogP contribution in [-0.2, 0) is 18.4 Å². The maximum absolute atomic E-state index is 13.0. The lowest BCUT2D eigenvalue weighted by atomic mass is 10.0. The lowest BCUT2D eigenvalue weighted by molar-refractivity contribution is -0.870. The third-order valence-corrected chi connectivity index (χ3v) is 16.4. The van der Waals surface area contributed by atoms with Crippen molar-refractivity contribution in [3.63, 3.8) is 0 Å². The Morgan fingerprint density at radius 2 is 0.750 bits per heavy atom. The number of amides is 1. The fourth-order valence-electron chi connectivity index (χ4n) is 10.2. The van der Waals surface area contributed by atoms with Crippen molar-refractivity contribution in [2.45, 2.75) is 347 Å². The first-order chi connectivity index (χ1) is 37.0. The van der Waals surface area contributed by atoms with Crippen LogP contribution in [0.3, 0.4) is 0 Å². The Bertz CT molecular complexity index is 1330. The average molecular weight is 1090 g/mol. The number of nitrogens with one attached hydrogen (secondary N) is 1. The molecule has 0 aromatic carbocycles. The second-order valence-electron chi connectivity index (χ2n) is 24.2. The summed E-state index contributed by atoms with van der Waals surface area (Å²) in [4.78, 5) is 23.4. The van der Waals surface area contributed by atoms with E-state index in [1.54, 1.807) is 0 Å². The van der Waals surface area contributed by atoms with Crippen LogP contribution in [0.25, 0.3) is 0 Å². The number of aliphatic hydroxyl groups is 1. The van der Waals surface area contributed by atoms with Crippen LogP contribution in [0.15, 0.2) is 36.5 Å². The van der Waals surface area contributed by atoms with Gasteiger partial charge in [-0.1, -0.05) is 314 Å². The molecule has 0 radical (unpaired) electrons. The molecular formula is C67H132N2O6P+. The lowest BCUT2D eigenvalue weighted by Crippen LogP contribution is -2.46. The van der Waals surface area contributed by atoms with Crippen molar-refractivity contribution in [1.29, 1.82) is 0 Å². The van der Waals surface area contributed by atoms with E-state index in [0.29, 0.717) is 23.9 Å². The van der Waals surface area contributed by atoms with Gasteiger partial charge in [-0.05, 0) is 51.4 Å². The van der Waals surface area contributed by atoms with Gasteiger partial charge in [0.05, 0.1) is 39.9 Å². The zero-order valence-electron chi connectivity index (χ0n) is 51.5. The van der Waals surface area contributed by atoms with Crippen molar-refractivity contribution in [3.8, 4) is 0 Å². The fourth-order valence-corrected chi connectivity index (χ4v) is 10.9. The number of carbonyl (C=O) groups is 1. The standard InChI is InChI=1S/C67H131N2O6P/c1-6-8-10-12-14-16-18-20-22-24-26-28-29-30-31-32-33-34-35-36-37-38-39-41-42-44-46-48-50-52-54-56-58-60-66(70)65(64-75-76(72,73)74-63-62-69(3,4)5)68-67(71)61-59-57-55-53-51-49-47-45-43-40-27-25-23-21-19-17-15-13-11-9-7-2/h19,21,25,27,43,45,65-66,70H,6-18,20,22-24,26,28-42,44,46-64H2,1-5H3,(H-,68,71,72,73)/p+1/b21-19-,27-25-,45-43-. The number of phosphoric ester groups is 1. The van der Waals surface area contributed by atoms with Gasteiger partial charge in [-0.3, -0.25) is 13.8 Å². The van der Waals surface area contributed by atoms with E-state index in [2.05, 4.69) is 55.6 Å². The van der Waals surface area contributed by atoms with E-state index < -0.39 is 20.0 Å². The molecule has 0 rings (SSSR count). The fraction of sp³-hybridized carbons (Fsp3) is 0.896.